The van der Waals surface area contributed by atoms with Gasteiger partial charge in [0.2, 0.25) is 0 Å². The number of hydrogen-bond acceptors (Lipinski definition) is 5. The summed E-state index contributed by atoms with van der Waals surface area (Å²) in [6.07, 6.45) is 3.61. The molecule has 2 fully saturated rings. The van der Waals surface area contributed by atoms with Crippen LogP contribution in [-0.4, -0.2) is 47.1 Å². The molecule has 1 aromatic heterocycles. The Balaban J connectivity index is 1.76. The molecule has 0 aromatic carbocycles. The molecule has 19 heavy (non-hydrogen) atoms. The van der Waals surface area contributed by atoms with Crippen molar-refractivity contribution in [3.63, 3.8) is 0 Å². The molecule has 1 aromatic rings. The largest absolute Gasteiger partial charge is 0.383 e. The Bertz CT molecular complexity index is 461. The fourth-order valence-corrected chi connectivity index (χ4v) is 2.77. The predicted molar refractivity (Wildman–Crippen MR) is 77.4 cm³/mol. The van der Waals surface area contributed by atoms with Gasteiger partial charge in [-0.05, 0) is 19.8 Å². The summed E-state index contributed by atoms with van der Waals surface area (Å²) in [7, 11) is 0. The Morgan fingerprint density at radius 1 is 1.16 bits per heavy atom. The van der Waals surface area contributed by atoms with Crippen LogP contribution in [0.25, 0.3) is 0 Å². The predicted octanol–water partition coefficient (Wildman–Crippen LogP) is 1.21. The molecule has 2 aliphatic rings. The molecule has 2 N–H and O–H groups in total. The quantitative estimate of drug-likeness (QED) is 0.886. The molecule has 1 saturated heterocycles. The third-order valence-corrected chi connectivity index (χ3v) is 4.20. The lowest BCUT2D eigenvalue weighted by molar-refractivity contribution is 0.247. The van der Waals surface area contributed by atoms with Gasteiger partial charge in [-0.25, -0.2) is 9.97 Å². The first-order valence-electron chi connectivity index (χ1n) is 7.31. The highest BCUT2D eigenvalue weighted by Gasteiger charge is 2.31. The summed E-state index contributed by atoms with van der Waals surface area (Å²) < 4.78 is 0. The van der Waals surface area contributed by atoms with Gasteiger partial charge in [-0.15, -0.1) is 0 Å². The number of nitrogens with zero attached hydrogens (tertiary/aromatic N) is 4. The van der Waals surface area contributed by atoms with Crippen molar-refractivity contribution in [3.05, 3.63) is 11.4 Å². The molecular weight excluding hydrogens is 238 g/mol. The molecule has 1 aliphatic heterocycles. The first-order valence-corrected chi connectivity index (χ1v) is 7.31. The molecule has 2 heterocycles. The van der Waals surface area contributed by atoms with Gasteiger partial charge in [0.25, 0.3) is 0 Å². The van der Waals surface area contributed by atoms with Crippen LogP contribution in [0.1, 0.15) is 31.2 Å². The minimum atomic E-state index is 0.631. The summed E-state index contributed by atoms with van der Waals surface area (Å²) >= 11 is 0. The van der Waals surface area contributed by atoms with E-state index in [9.17, 15) is 0 Å². The van der Waals surface area contributed by atoms with Gasteiger partial charge in [-0.2, -0.15) is 0 Å². The van der Waals surface area contributed by atoms with Gasteiger partial charge < -0.3 is 10.6 Å². The van der Waals surface area contributed by atoms with Crippen LogP contribution in [0.4, 0.5) is 11.6 Å². The summed E-state index contributed by atoms with van der Waals surface area (Å²) in [5, 5.41) is 0. The van der Waals surface area contributed by atoms with Crippen molar-refractivity contribution >= 4 is 11.6 Å². The zero-order valence-electron chi connectivity index (χ0n) is 11.9. The second-order valence-corrected chi connectivity index (χ2v) is 5.58. The molecule has 0 spiro atoms. The van der Waals surface area contributed by atoms with Gasteiger partial charge in [0.1, 0.15) is 17.5 Å². The lowest BCUT2D eigenvalue weighted by atomic mass is 10.2. The third kappa shape index (κ3) is 2.52. The highest BCUT2D eigenvalue weighted by molar-refractivity contribution is 5.56. The van der Waals surface area contributed by atoms with E-state index < -0.39 is 0 Å². The second kappa shape index (κ2) is 4.96. The van der Waals surface area contributed by atoms with Crippen LogP contribution < -0.4 is 10.6 Å². The van der Waals surface area contributed by atoms with E-state index >= 15 is 0 Å². The third-order valence-electron chi connectivity index (χ3n) is 4.20. The van der Waals surface area contributed by atoms with Crippen LogP contribution in [0.15, 0.2) is 0 Å². The van der Waals surface area contributed by atoms with Crippen LogP contribution in [0.5, 0.6) is 0 Å². The molecule has 1 saturated carbocycles. The monoisotopic (exact) mass is 261 g/mol. The first kappa shape index (κ1) is 12.7. The molecule has 0 bridgehead atoms. The van der Waals surface area contributed by atoms with E-state index in [0.717, 1.165) is 55.8 Å². The van der Waals surface area contributed by atoms with E-state index in [-0.39, 0.29) is 0 Å². The Morgan fingerprint density at radius 3 is 2.42 bits per heavy atom. The lowest BCUT2D eigenvalue weighted by Crippen LogP contribution is -2.47. The number of nitrogen functional groups attached to an aromatic ring is 1. The molecule has 0 amide bonds. The standard InChI is InChI=1S/C14H23N5/c1-3-12-16-13(15)10(2)14(17-12)19-8-6-18(7-9-19)11-4-5-11/h11H,3-9H2,1-2H3,(H2,15,16,17). The molecule has 5 nitrogen and oxygen atoms in total. The van der Waals surface area contributed by atoms with E-state index in [0.29, 0.717) is 5.82 Å². The molecule has 0 atom stereocenters. The number of nitrogens with two attached hydrogens (primary N) is 1. The Kier molecular flexibility index (Phi) is 3.31. The van der Waals surface area contributed by atoms with Gasteiger partial charge >= 0.3 is 0 Å². The fraction of sp³-hybridized carbons (Fsp3) is 0.714. The van der Waals surface area contributed by atoms with E-state index in [1.165, 1.54) is 12.8 Å². The molecule has 0 radical (unpaired) electrons. The maximum Gasteiger partial charge on any atom is 0.137 e. The average molecular weight is 261 g/mol. The van der Waals surface area contributed by atoms with Crippen LogP contribution in [0.3, 0.4) is 0 Å². The molecule has 1 aliphatic carbocycles. The normalized spacial score (nSPS) is 20.8. The smallest absolute Gasteiger partial charge is 0.137 e. The number of aromatic nitrogens is 2. The van der Waals surface area contributed by atoms with Gasteiger partial charge in [0.15, 0.2) is 0 Å². The number of piperazine rings is 1. The number of anilines is 2. The van der Waals surface area contributed by atoms with Crippen LogP contribution >= 0.6 is 0 Å². The molecule has 104 valence electrons. The van der Waals surface area contributed by atoms with E-state index in [1.54, 1.807) is 0 Å². The highest BCUT2D eigenvalue weighted by atomic mass is 15.3. The topological polar surface area (TPSA) is 58.3 Å². The van der Waals surface area contributed by atoms with Crippen molar-refractivity contribution in [3.8, 4) is 0 Å². The zero-order valence-corrected chi connectivity index (χ0v) is 11.9. The number of hydrogen-bond donors (Lipinski definition) is 1. The molecule has 3 rings (SSSR count). The van der Waals surface area contributed by atoms with Crippen LogP contribution in [-0.2, 0) is 6.42 Å². The van der Waals surface area contributed by atoms with Crippen molar-refractivity contribution in [2.24, 2.45) is 0 Å². The number of rotatable bonds is 3. The summed E-state index contributed by atoms with van der Waals surface area (Å²) in [5.74, 6) is 2.52. The molecule has 0 unspecified atom stereocenters. The fourth-order valence-electron chi connectivity index (χ4n) is 2.77. The van der Waals surface area contributed by atoms with E-state index in [4.69, 9.17) is 5.73 Å². The maximum absolute atomic E-state index is 6.00. The summed E-state index contributed by atoms with van der Waals surface area (Å²) in [4.78, 5) is 14.0. The van der Waals surface area contributed by atoms with Crippen molar-refractivity contribution in [1.29, 1.82) is 0 Å². The zero-order chi connectivity index (χ0) is 13.4. The molecule has 5 heteroatoms. The van der Waals surface area contributed by atoms with Gasteiger partial charge in [0, 0.05) is 44.2 Å². The summed E-state index contributed by atoms with van der Waals surface area (Å²) in [6.45, 7) is 8.50. The maximum atomic E-state index is 6.00. The first-order chi connectivity index (χ1) is 9.19. The van der Waals surface area contributed by atoms with Crippen LogP contribution in [0.2, 0.25) is 0 Å². The van der Waals surface area contributed by atoms with Crippen molar-refractivity contribution < 1.29 is 0 Å². The van der Waals surface area contributed by atoms with Gasteiger partial charge in [0.05, 0.1) is 0 Å². The van der Waals surface area contributed by atoms with E-state index in [1.807, 2.05) is 6.92 Å². The minimum Gasteiger partial charge on any atom is -0.383 e. The Hall–Kier alpha value is -1.36. The Morgan fingerprint density at radius 2 is 1.84 bits per heavy atom. The second-order valence-electron chi connectivity index (χ2n) is 5.58. The summed E-state index contributed by atoms with van der Waals surface area (Å²) in [5.41, 5.74) is 7.03. The number of aryl methyl sites for hydroxylation is 1. The SMILES string of the molecule is CCc1nc(N)c(C)c(N2CCN(C3CC3)CC2)n1. The van der Waals surface area contributed by atoms with Crippen molar-refractivity contribution in [2.75, 3.05) is 36.8 Å². The van der Waals surface area contributed by atoms with Gasteiger partial charge in [-0.3, -0.25) is 4.90 Å². The van der Waals surface area contributed by atoms with Crippen molar-refractivity contribution in [1.82, 2.24) is 14.9 Å². The summed E-state index contributed by atoms with van der Waals surface area (Å²) in [6, 6.07) is 0.866. The average Bonchev–Trinajstić information content (AvgIpc) is 3.26. The van der Waals surface area contributed by atoms with Crippen molar-refractivity contribution in [2.45, 2.75) is 39.2 Å². The minimum absolute atomic E-state index is 0.631. The van der Waals surface area contributed by atoms with Crippen LogP contribution in [0, 0.1) is 6.92 Å². The highest BCUT2D eigenvalue weighted by Crippen LogP contribution is 2.29. The van der Waals surface area contributed by atoms with Gasteiger partial charge in [-0.1, -0.05) is 6.92 Å². The van der Waals surface area contributed by atoms with E-state index in [2.05, 4.69) is 26.7 Å². The lowest BCUT2D eigenvalue weighted by Gasteiger charge is -2.36. The Labute approximate surface area is 114 Å². The molecular formula is C14H23N5.